The van der Waals surface area contributed by atoms with E-state index in [1.54, 1.807) is 72.8 Å². The van der Waals surface area contributed by atoms with Crippen molar-refractivity contribution in [1.29, 1.82) is 0 Å². The molecule has 0 spiro atoms. The third kappa shape index (κ3) is 12.4. The molecule has 1 amide bonds. The van der Waals surface area contributed by atoms with Crippen LogP contribution in [-0.4, -0.2) is 55.4 Å². The number of rotatable bonds is 15. The largest absolute Gasteiger partial charge is 0.544 e. The maximum Gasteiger partial charge on any atom is 0.338 e. The minimum absolute atomic E-state index is 0.000496. The summed E-state index contributed by atoms with van der Waals surface area (Å²) in [6, 6.07) is 28.9. The van der Waals surface area contributed by atoms with Crippen LogP contribution in [0.25, 0.3) is 0 Å². The van der Waals surface area contributed by atoms with Crippen LogP contribution in [-0.2, 0) is 9.47 Å². The molecule has 0 radical (unpaired) electrons. The molecule has 1 N–H and O–H groups in total. The SMILES string of the molecule is CC(C)(C)[Si](C)(C)Oc1ccc(C(=O)N[C@@H](COC(=O)c2ccc(O[Si](C)(C)C(C)(C)C)cc2)[C@H](OC(=O)c2ccc(O[Si](C)(C)C(C)(C)C)cc2)c2ccccc2)cc1. The van der Waals surface area contributed by atoms with E-state index in [4.69, 9.17) is 22.8 Å². The van der Waals surface area contributed by atoms with E-state index in [-0.39, 0.29) is 21.7 Å². The van der Waals surface area contributed by atoms with Crippen molar-refractivity contribution in [2.24, 2.45) is 0 Å². The van der Waals surface area contributed by atoms with E-state index in [9.17, 15) is 14.4 Å². The Labute approximate surface area is 361 Å². The van der Waals surface area contributed by atoms with Gasteiger partial charge in [0, 0.05) is 5.56 Å². The molecule has 9 nitrogen and oxygen atoms in total. The number of hydrogen-bond donors (Lipinski definition) is 1. The van der Waals surface area contributed by atoms with Crippen molar-refractivity contribution < 1.29 is 37.1 Å². The summed E-state index contributed by atoms with van der Waals surface area (Å²) in [5.41, 5.74) is 1.59. The van der Waals surface area contributed by atoms with Gasteiger partial charge in [0.1, 0.15) is 29.9 Å². The molecule has 0 aromatic heterocycles. The molecule has 0 unspecified atom stereocenters. The van der Waals surface area contributed by atoms with E-state index in [0.29, 0.717) is 39.5 Å². The number of hydrogen-bond acceptors (Lipinski definition) is 8. The monoisotopic (exact) mass is 869 g/mol. The van der Waals surface area contributed by atoms with Gasteiger partial charge in [-0.05, 0) is 133 Å². The van der Waals surface area contributed by atoms with Crippen molar-refractivity contribution in [3.63, 3.8) is 0 Å². The first-order chi connectivity index (χ1) is 27.6. The highest BCUT2D eigenvalue weighted by Crippen LogP contribution is 2.39. The number of esters is 2. The van der Waals surface area contributed by atoms with Crippen molar-refractivity contribution in [1.82, 2.24) is 5.32 Å². The second kappa shape index (κ2) is 18.5. The highest BCUT2D eigenvalue weighted by atomic mass is 28.4. The van der Waals surface area contributed by atoms with Gasteiger partial charge in [0.25, 0.3) is 5.91 Å². The molecule has 4 aromatic carbocycles. The van der Waals surface area contributed by atoms with E-state index < -0.39 is 54.9 Å². The van der Waals surface area contributed by atoms with E-state index >= 15 is 0 Å². The van der Waals surface area contributed by atoms with Crippen molar-refractivity contribution in [2.45, 2.75) is 129 Å². The maximum absolute atomic E-state index is 14.0. The van der Waals surface area contributed by atoms with Gasteiger partial charge < -0.3 is 28.1 Å². The predicted molar refractivity (Wildman–Crippen MR) is 249 cm³/mol. The van der Waals surface area contributed by atoms with Crippen LogP contribution < -0.4 is 18.6 Å². The number of carbonyl (C=O) groups is 3. The number of carbonyl (C=O) groups excluding carboxylic acids is 3. The van der Waals surface area contributed by atoms with E-state index in [1.165, 1.54) is 0 Å². The summed E-state index contributed by atoms with van der Waals surface area (Å²) < 4.78 is 31.4. The van der Waals surface area contributed by atoms with Gasteiger partial charge in [-0.25, -0.2) is 9.59 Å². The van der Waals surface area contributed by atoms with Crippen LogP contribution >= 0.6 is 0 Å². The lowest BCUT2D eigenvalue weighted by Crippen LogP contribution is -2.44. The summed E-state index contributed by atoms with van der Waals surface area (Å²) in [5, 5.41) is 3.03. The zero-order valence-corrected chi connectivity index (χ0v) is 41.4. The second-order valence-corrected chi connectivity index (χ2v) is 34.2. The molecule has 12 heteroatoms. The Morgan fingerprint density at radius 2 is 0.850 bits per heavy atom. The molecular formula is C48H67NO8Si3. The van der Waals surface area contributed by atoms with E-state index in [0.717, 1.165) is 0 Å². The zero-order valence-electron chi connectivity index (χ0n) is 38.4. The minimum atomic E-state index is -2.11. The van der Waals surface area contributed by atoms with Gasteiger partial charge in [-0.1, -0.05) is 92.6 Å². The van der Waals surface area contributed by atoms with Gasteiger partial charge in [0.15, 0.2) is 6.10 Å². The van der Waals surface area contributed by atoms with Crippen LogP contribution in [0.2, 0.25) is 54.4 Å². The van der Waals surface area contributed by atoms with Gasteiger partial charge in [0.05, 0.1) is 11.1 Å². The lowest BCUT2D eigenvalue weighted by Gasteiger charge is -2.36. The normalized spacial score (nSPS) is 13.7. The van der Waals surface area contributed by atoms with Crippen molar-refractivity contribution in [2.75, 3.05) is 6.61 Å². The molecule has 4 aromatic rings. The molecular weight excluding hydrogens is 803 g/mol. The molecule has 324 valence electrons. The lowest BCUT2D eigenvalue weighted by atomic mass is 10.0. The van der Waals surface area contributed by atoms with Crippen molar-refractivity contribution in [3.05, 3.63) is 125 Å². The second-order valence-electron chi connectivity index (χ2n) is 20.1. The van der Waals surface area contributed by atoms with Gasteiger partial charge >= 0.3 is 11.9 Å². The molecule has 0 saturated heterocycles. The fraction of sp³-hybridized carbons (Fsp3) is 0.438. The first-order valence-corrected chi connectivity index (χ1v) is 29.4. The minimum Gasteiger partial charge on any atom is -0.544 e. The molecule has 4 rings (SSSR count). The lowest BCUT2D eigenvalue weighted by molar-refractivity contribution is 0.00484. The fourth-order valence-electron chi connectivity index (χ4n) is 5.25. The third-order valence-electron chi connectivity index (χ3n) is 12.3. The summed E-state index contributed by atoms with van der Waals surface area (Å²) in [6.07, 6.45) is -1.04. The fourth-order valence-corrected chi connectivity index (χ4v) is 8.34. The van der Waals surface area contributed by atoms with E-state index in [1.807, 2.05) is 30.3 Å². The molecule has 60 heavy (non-hydrogen) atoms. The molecule has 0 aliphatic heterocycles. The summed E-state index contributed by atoms with van der Waals surface area (Å²) >= 11 is 0. The first kappa shape index (κ1) is 48.0. The Bertz CT molecular complexity index is 2060. The topological polar surface area (TPSA) is 109 Å². The highest BCUT2D eigenvalue weighted by Gasteiger charge is 2.41. The number of nitrogens with one attached hydrogen (secondary N) is 1. The zero-order chi connectivity index (χ0) is 44.9. The van der Waals surface area contributed by atoms with Crippen molar-refractivity contribution >= 4 is 42.8 Å². The average Bonchev–Trinajstić information content (AvgIpc) is 3.14. The molecule has 2 atom stereocenters. The molecule has 0 saturated carbocycles. The van der Waals surface area contributed by atoms with Crippen LogP contribution in [0.4, 0.5) is 0 Å². The summed E-state index contributed by atoms with van der Waals surface area (Å²) in [4.78, 5) is 41.5. The third-order valence-corrected chi connectivity index (χ3v) is 25.3. The van der Waals surface area contributed by atoms with Gasteiger partial charge in [-0.3, -0.25) is 4.79 Å². The van der Waals surface area contributed by atoms with Gasteiger partial charge in [-0.2, -0.15) is 0 Å². The molecule has 0 aliphatic carbocycles. The van der Waals surface area contributed by atoms with Gasteiger partial charge in [0.2, 0.25) is 25.0 Å². The van der Waals surface area contributed by atoms with Crippen LogP contribution in [0.15, 0.2) is 103 Å². The Hall–Kier alpha value is -4.66. The van der Waals surface area contributed by atoms with E-state index in [2.05, 4.69) is 107 Å². The summed E-state index contributed by atoms with van der Waals surface area (Å²) in [6.45, 7) is 32.2. The number of ether oxygens (including phenoxy) is 2. The van der Waals surface area contributed by atoms with Crippen LogP contribution in [0.3, 0.4) is 0 Å². The van der Waals surface area contributed by atoms with Crippen LogP contribution in [0.1, 0.15) is 105 Å². The summed E-state index contributed by atoms with van der Waals surface area (Å²) in [7, 11) is -6.32. The number of benzene rings is 4. The van der Waals surface area contributed by atoms with Crippen molar-refractivity contribution in [3.8, 4) is 17.2 Å². The quantitative estimate of drug-likeness (QED) is 0.0929. The average molecular weight is 870 g/mol. The smallest absolute Gasteiger partial charge is 0.338 e. The predicted octanol–water partition coefficient (Wildman–Crippen LogP) is 12.4. The molecule has 0 heterocycles. The molecule has 0 bridgehead atoms. The Morgan fingerprint density at radius 1 is 0.500 bits per heavy atom. The standard InChI is InChI=1S/C48H67NO8Si3/c1-46(2,3)58(10,11)55-38-27-21-35(22-28-38)43(50)49-41(33-53-44(51)36-23-29-39(30-24-36)56-59(12,13)47(4,5)6)42(34-19-17-16-18-20-34)54-45(52)37-25-31-40(32-26-37)57-60(14,15)48(7,8)9/h16-32,41-42H,33H2,1-15H3,(H,49,50)/t41-,42+/m0/s1. The van der Waals surface area contributed by atoms with Gasteiger partial charge in [-0.15, -0.1) is 0 Å². The summed E-state index contributed by atoms with van der Waals surface area (Å²) in [5.74, 6) is 0.385. The van der Waals surface area contributed by atoms with Crippen LogP contribution in [0.5, 0.6) is 17.2 Å². The Kier molecular flexibility index (Phi) is 14.8. The highest BCUT2D eigenvalue weighted by molar-refractivity contribution is 6.75. The Balaban J connectivity index is 1.63. The maximum atomic E-state index is 14.0. The Morgan fingerprint density at radius 3 is 1.22 bits per heavy atom. The first-order valence-electron chi connectivity index (χ1n) is 20.7. The molecule has 0 aliphatic rings. The molecule has 0 fully saturated rings. The number of amides is 1. The van der Waals surface area contributed by atoms with Crippen LogP contribution in [0, 0.1) is 0 Å².